The average molecular weight is 328 g/mol. The minimum Gasteiger partial charge on any atom is -0.320 e. The third kappa shape index (κ3) is 2.38. The predicted molar refractivity (Wildman–Crippen MR) is 68.1 cm³/mol. The fourth-order valence-corrected chi connectivity index (χ4v) is 1.99. The molecule has 2 heterocycles. The van der Waals surface area contributed by atoms with Gasteiger partial charge in [-0.1, -0.05) is 0 Å². The topological polar surface area (TPSA) is 59.8 Å². The van der Waals surface area contributed by atoms with Gasteiger partial charge in [0.1, 0.15) is 0 Å². The molecule has 0 aromatic carbocycles. The van der Waals surface area contributed by atoms with Crippen LogP contribution in [0.5, 0.6) is 0 Å². The zero-order valence-corrected chi connectivity index (χ0v) is 10.7. The van der Waals surface area contributed by atoms with Crippen molar-refractivity contribution in [2.24, 2.45) is 7.05 Å². The van der Waals surface area contributed by atoms with Gasteiger partial charge in [0.25, 0.3) is 5.91 Å². The number of rotatable bonds is 2. The maximum Gasteiger partial charge on any atom is 0.277 e. The SMILES string of the molecule is Cn1cc(I)c(C(=O)Nc2ccncc2)n1. The number of amides is 1. The Morgan fingerprint density at radius 3 is 2.69 bits per heavy atom. The lowest BCUT2D eigenvalue weighted by molar-refractivity contribution is 0.102. The summed E-state index contributed by atoms with van der Waals surface area (Å²) >= 11 is 2.08. The third-order valence-corrected chi connectivity index (χ3v) is 2.73. The highest BCUT2D eigenvalue weighted by molar-refractivity contribution is 14.1. The number of halogens is 1. The van der Waals surface area contributed by atoms with Crippen molar-refractivity contribution in [2.75, 3.05) is 5.32 Å². The summed E-state index contributed by atoms with van der Waals surface area (Å²) < 4.78 is 2.44. The number of carbonyl (C=O) groups excluding carboxylic acids is 1. The normalized spacial score (nSPS) is 10.1. The third-order valence-electron chi connectivity index (χ3n) is 1.94. The van der Waals surface area contributed by atoms with Gasteiger partial charge in [-0.2, -0.15) is 5.10 Å². The maximum atomic E-state index is 11.8. The highest BCUT2D eigenvalue weighted by atomic mass is 127. The monoisotopic (exact) mass is 328 g/mol. The molecule has 0 fully saturated rings. The van der Waals surface area contributed by atoms with E-state index in [1.165, 1.54) is 0 Å². The summed E-state index contributed by atoms with van der Waals surface area (Å²) in [4.78, 5) is 15.7. The number of carbonyl (C=O) groups is 1. The molecule has 0 saturated heterocycles. The first-order valence-electron chi connectivity index (χ1n) is 4.57. The summed E-state index contributed by atoms with van der Waals surface area (Å²) in [6.07, 6.45) is 5.04. The Hall–Kier alpha value is -1.44. The number of aryl methyl sites for hydroxylation is 1. The largest absolute Gasteiger partial charge is 0.320 e. The van der Waals surface area contributed by atoms with Gasteiger partial charge in [0.15, 0.2) is 5.69 Å². The van der Waals surface area contributed by atoms with Crippen LogP contribution in [0.1, 0.15) is 10.5 Å². The number of pyridine rings is 1. The van der Waals surface area contributed by atoms with E-state index in [0.29, 0.717) is 11.4 Å². The summed E-state index contributed by atoms with van der Waals surface area (Å²) in [5.41, 5.74) is 1.14. The molecule has 0 bridgehead atoms. The first-order valence-corrected chi connectivity index (χ1v) is 5.65. The predicted octanol–water partition coefficient (Wildman–Crippen LogP) is 1.67. The van der Waals surface area contributed by atoms with E-state index in [1.807, 2.05) is 0 Å². The van der Waals surface area contributed by atoms with Gasteiger partial charge in [0.05, 0.1) is 3.57 Å². The zero-order valence-electron chi connectivity index (χ0n) is 8.51. The molecule has 0 spiro atoms. The molecule has 0 unspecified atom stereocenters. The fourth-order valence-electron chi connectivity index (χ4n) is 1.24. The minimum atomic E-state index is -0.212. The standard InChI is InChI=1S/C10H9IN4O/c1-15-6-8(11)9(14-15)10(16)13-7-2-4-12-5-3-7/h2-6H,1H3,(H,12,13,16). The number of hydrogen-bond donors (Lipinski definition) is 1. The van der Waals surface area contributed by atoms with Crippen LogP contribution in [-0.4, -0.2) is 20.7 Å². The van der Waals surface area contributed by atoms with Gasteiger partial charge in [0.2, 0.25) is 0 Å². The first-order chi connectivity index (χ1) is 7.66. The van der Waals surface area contributed by atoms with Crippen molar-refractivity contribution in [1.29, 1.82) is 0 Å². The molecule has 2 aromatic rings. The van der Waals surface area contributed by atoms with Gasteiger partial charge in [-0.05, 0) is 34.7 Å². The van der Waals surface area contributed by atoms with Crippen LogP contribution in [0.3, 0.4) is 0 Å². The summed E-state index contributed by atoms with van der Waals surface area (Å²) in [5, 5.41) is 6.84. The smallest absolute Gasteiger partial charge is 0.277 e. The van der Waals surface area contributed by atoms with Crippen LogP contribution >= 0.6 is 22.6 Å². The molecule has 0 saturated carbocycles. The molecule has 6 heteroatoms. The molecular weight excluding hydrogens is 319 g/mol. The number of nitrogens with zero attached hydrogens (tertiary/aromatic N) is 3. The molecule has 82 valence electrons. The zero-order chi connectivity index (χ0) is 11.5. The lowest BCUT2D eigenvalue weighted by atomic mass is 10.3. The molecule has 0 aliphatic carbocycles. The highest BCUT2D eigenvalue weighted by Crippen LogP contribution is 2.12. The molecule has 1 N–H and O–H groups in total. The Balaban J connectivity index is 2.18. The van der Waals surface area contributed by atoms with Crippen LogP contribution in [0.2, 0.25) is 0 Å². The lowest BCUT2D eigenvalue weighted by Gasteiger charge is -2.02. The summed E-state index contributed by atoms with van der Waals surface area (Å²) in [5.74, 6) is -0.212. The van der Waals surface area contributed by atoms with E-state index in [4.69, 9.17) is 0 Å². The maximum absolute atomic E-state index is 11.8. The highest BCUT2D eigenvalue weighted by Gasteiger charge is 2.13. The van der Waals surface area contributed by atoms with Gasteiger partial charge in [-0.25, -0.2) is 0 Å². The number of hydrogen-bond acceptors (Lipinski definition) is 3. The molecule has 0 atom stereocenters. The van der Waals surface area contributed by atoms with Crippen molar-refractivity contribution in [3.63, 3.8) is 0 Å². The second-order valence-electron chi connectivity index (χ2n) is 3.19. The lowest BCUT2D eigenvalue weighted by Crippen LogP contribution is -2.14. The Bertz CT molecular complexity index is 509. The van der Waals surface area contributed by atoms with Crippen molar-refractivity contribution in [1.82, 2.24) is 14.8 Å². The molecule has 1 amide bonds. The van der Waals surface area contributed by atoms with E-state index >= 15 is 0 Å². The Morgan fingerprint density at radius 1 is 1.44 bits per heavy atom. The molecule has 16 heavy (non-hydrogen) atoms. The molecule has 0 radical (unpaired) electrons. The molecule has 2 rings (SSSR count). The minimum absolute atomic E-state index is 0.212. The van der Waals surface area contributed by atoms with Crippen molar-refractivity contribution < 1.29 is 4.79 Å². The molecule has 2 aromatic heterocycles. The molecule has 0 aliphatic rings. The van der Waals surface area contributed by atoms with Crippen LogP contribution in [0.4, 0.5) is 5.69 Å². The average Bonchev–Trinajstić information content (AvgIpc) is 2.59. The van der Waals surface area contributed by atoms with Gasteiger partial charge in [-0.3, -0.25) is 14.5 Å². The van der Waals surface area contributed by atoms with E-state index < -0.39 is 0 Å². The summed E-state index contributed by atoms with van der Waals surface area (Å²) in [6.45, 7) is 0. The van der Waals surface area contributed by atoms with Gasteiger partial charge in [-0.15, -0.1) is 0 Å². The fraction of sp³-hybridized carbons (Fsp3) is 0.100. The number of anilines is 1. The van der Waals surface area contributed by atoms with E-state index in [9.17, 15) is 4.79 Å². The van der Waals surface area contributed by atoms with Crippen molar-refractivity contribution in [2.45, 2.75) is 0 Å². The van der Waals surface area contributed by atoms with Crippen molar-refractivity contribution in [3.05, 3.63) is 40.0 Å². The van der Waals surface area contributed by atoms with Gasteiger partial charge in [0, 0.05) is 31.3 Å². The van der Waals surface area contributed by atoms with Crippen LogP contribution in [-0.2, 0) is 7.05 Å². The molecule has 5 nitrogen and oxygen atoms in total. The van der Waals surface area contributed by atoms with E-state index in [0.717, 1.165) is 3.57 Å². The van der Waals surface area contributed by atoms with E-state index in [2.05, 4.69) is 38.0 Å². The van der Waals surface area contributed by atoms with Gasteiger partial charge >= 0.3 is 0 Å². The molecular formula is C10H9IN4O. The van der Waals surface area contributed by atoms with Crippen molar-refractivity contribution in [3.8, 4) is 0 Å². The van der Waals surface area contributed by atoms with Crippen LogP contribution in [0, 0.1) is 3.57 Å². The number of aromatic nitrogens is 3. The quantitative estimate of drug-likeness (QED) is 0.853. The Labute approximate surface area is 106 Å². The van der Waals surface area contributed by atoms with Crippen molar-refractivity contribution >= 4 is 34.2 Å². The Morgan fingerprint density at radius 2 is 2.12 bits per heavy atom. The second-order valence-corrected chi connectivity index (χ2v) is 4.35. The van der Waals surface area contributed by atoms with E-state index in [-0.39, 0.29) is 5.91 Å². The summed E-state index contributed by atoms with van der Waals surface area (Å²) in [7, 11) is 1.78. The van der Waals surface area contributed by atoms with Crippen LogP contribution in [0.15, 0.2) is 30.7 Å². The van der Waals surface area contributed by atoms with Gasteiger partial charge < -0.3 is 5.32 Å². The van der Waals surface area contributed by atoms with Crippen LogP contribution in [0.25, 0.3) is 0 Å². The second kappa shape index (κ2) is 4.60. The number of nitrogens with one attached hydrogen (secondary N) is 1. The van der Waals surface area contributed by atoms with Crippen LogP contribution < -0.4 is 5.32 Å². The Kier molecular flexibility index (Phi) is 3.18. The summed E-state index contributed by atoms with van der Waals surface area (Å²) in [6, 6.07) is 3.46. The van der Waals surface area contributed by atoms with E-state index in [1.54, 1.807) is 42.5 Å². The molecule has 0 aliphatic heterocycles. The first kappa shape index (κ1) is 11.1.